The van der Waals surface area contributed by atoms with Crippen LogP contribution in [0.5, 0.6) is 11.6 Å². The summed E-state index contributed by atoms with van der Waals surface area (Å²) in [5.41, 5.74) is 2.11. The summed E-state index contributed by atoms with van der Waals surface area (Å²) in [4.78, 5) is 25.1. The lowest BCUT2D eigenvalue weighted by Gasteiger charge is -2.30. The van der Waals surface area contributed by atoms with E-state index in [1.54, 1.807) is 30.5 Å². The molecule has 11 heteroatoms. The molecule has 1 N–H and O–H groups in total. The molecule has 0 radical (unpaired) electrons. The average Bonchev–Trinajstić information content (AvgIpc) is 3.31. The van der Waals surface area contributed by atoms with Gasteiger partial charge in [-0.1, -0.05) is 0 Å². The number of hydrogen-bond acceptors (Lipinski definition) is 8. The zero-order valence-corrected chi connectivity index (χ0v) is 22.9. The molecule has 216 valence electrons. The zero-order chi connectivity index (χ0) is 29.1. The summed E-state index contributed by atoms with van der Waals surface area (Å²) in [5, 5.41) is 18.4. The summed E-state index contributed by atoms with van der Waals surface area (Å²) in [6, 6.07) is 12.7. The van der Waals surface area contributed by atoms with Gasteiger partial charge in [0.15, 0.2) is 17.4 Å². The van der Waals surface area contributed by atoms with Crippen LogP contribution in [0.4, 0.5) is 4.39 Å². The van der Waals surface area contributed by atoms with Gasteiger partial charge in [-0.05, 0) is 74.4 Å². The molecule has 2 aliphatic rings. The Morgan fingerprint density at radius 3 is 2.67 bits per heavy atom. The number of ether oxygens (including phenoxy) is 3. The maximum Gasteiger partial charge on any atom is 0.335 e. The van der Waals surface area contributed by atoms with Crippen molar-refractivity contribution in [3.63, 3.8) is 0 Å². The molecule has 2 fully saturated rings. The Labute approximate surface area is 241 Å². The number of carboxylic acids is 1. The minimum absolute atomic E-state index is 0.0150. The van der Waals surface area contributed by atoms with Crippen molar-refractivity contribution in [3.05, 3.63) is 77.3 Å². The van der Waals surface area contributed by atoms with Crippen LogP contribution in [0, 0.1) is 23.1 Å². The van der Waals surface area contributed by atoms with Gasteiger partial charge in [0.25, 0.3) is 0 Å². The van der Waals surface area contributed by atoms with Crippen molar-refractivity contribution in [1.82, 2.24) is 19.5 Å². The molecule has 0 bridgehead atoms. The Morgan fingerprint density at radius 2 is 1.95 bits per heavy atom. The fourth-order valence-electron chi connectivity index (χ4n) is 5.53. The summed E-state index contributed by atoms with van der Waals surface area (Å²) in [5.74, 6) is 0.667. The number of fused-ring (bicyclic) bond motifs is 1. The first-order valence-electron chi connectivity index (χ1n) is 14.1. The third-order valence-corrected chi connectivity index (χ3v) is 7.90. The van der Waals surface area contributed by atoms with E-state index in [1.807, 2.05) is 6.07 Å². The van der Waals surface area contributed by atoms with Gasteiger partial charge < -0.3 is 23.9 Å². The number of carboxylic acid groups (broad SMARTS) is 1. The molecule has 4 aromatic rings. The minimum Gasteiger partial charge on any atom is -0.483 e. The standard InChI is InChI=1S/C31H30FN5O5/c32-24-13-20(16-33)3-8-27(24)41-18-28-34-11-9-30(36-28)42-22-5-1-19(2-6-22)14-29-35-25-7-4-21(31(38)39)15-26(25)37(29)17-23-10-12-40-23/h3-4,7-9,11,13,15,19,22-23H,1-2,5-6,10,12,14,17-18H2,(H,38,39)/t19?,22?,23-/m0/s1. The largest absolute Gasteiger partial charge is 0.483 e. The number of nitrogens with zero attached hydrogens (tertiary/aromatic N) is 5. The summed E-state index contributed by atoms with van der Waals surface area (Å²) in [6.45, 7) is 1.39. The number of nitriles is 1. The highest BCUT2D eigenvalue weighted by molar-refractivity contribution is 5.92. The lowest BCUT2D eigenvalue weighted by Crippen LogP contribution is -2.32. The average molecular weight is 572 g/mol. The number of benzene rings is 2. The van der Waals surface area contributed by atoms with Crippen molar-refractivity contribution in [3.8, 4) is 17.7 Å². The van der Waals surface area contributed by atoms with E-state index in [2.05, 4.69) is 14.5 Å². The van der Waals surface area contributed by atoms with Gasteiger partial charge in [-0.15, -0.1) is 0 Å². The van der Waals surface area contributed by atoms with Gasteiger partial charge in [0.05, 0.1) is 40.9 Å². The quantitative estimate of drug-likeness (QED) is 0.277. The van der Waals surface area contributed by atoms with Crippen LogP contribution in [0.2, 0.25) is 0 Å². The molecule has 2 aromatic carbocycles. The Morgan fingerprint density at radius 1 is 1.12 bits per heavy atom. The molecule has 1 atom stereocenters. The second-order valence-corrected chi connectivity index (χ2v) is 10.8. The van der Waals surface area contributed by atoms with Crippen molar-refractivity contribution in [2.24, 2.45) is 5.92 Å². The van der Waals surface area contributed by atoms with Crippen LogP contribution in [0.1, 0.15) is 59.7 Å². The summed E-state index contributed by atoms with van der Waals surface area (Å²) >= 11 is 0. The van der Waals surface area contributed by atoms with Crippen LogP contribution in [0.3, 0.4) is 0 Å². The van der Waals surface area contributed by atoms with Crippen LogP contribution < -0.4 is 9.47 Å². The van der Waals surface area contributed by atoms with Gasteiger partial charge in [0.1, 0.15) is 18.5 Å². The highest BCUT2D eigenvalue weighted by Gasteiger charge is 2.27. The fraction of sp³-hybridized carbons (Fsp3) is 0.387. The highest BCUT2D eigenvalue weighted by Crippen LogP contribution is 2.31. The third kappa shape index (κ3) is 6.19. The number of imidazole rings is 1. The van der Waals surface area contributed by atoms with Crippen LogP contribution >= 0.6 is 0 Å². The van der Waals surface area contributed by atoms with E-state index >= 15 is 0 Å². The topological polar surface area (TPSA) is 132 Å². The molecule has 1 aliphatic heterocycles. The third-order valence-electron chi connectivity index (χ3n) is 7.90. The lowest BCUT2D eigenvalue weighted by atomic mass is 9.85. The number of hydrogen-bond donors (Lipinski definition) is 1. The van der Waals surface area contributed by atoms with Gasteiger partial charge in [-0.25, -0.2) is 19.2 Å². The van der Waals surface area contributed by atoms with E-state index in [9.17, 15) is 14.3 Å². The Kier molecular flexibility index (Phi) is 7.97. The fourth-order valence-corrected chi connectivity index (χ4v) is 5.53. The number of halogens is 1. The first-order chi connectivity index (χ1) is 20.4. The second-order valence-electron chi connectivity index (χ2n) is 10.8. The van der Waals surface area contributed by atoms with Crippen molar-refractivity contribution in [2.45, 2.75) is 63.9 Å². The maximum atomic E-state index is 14.1. The SMILES string of the molecule is N#Cc1ccc(OCc2nccc(OC3CCC(Cc4nc5ccc(C(=O)O)cc5n4C[C@@H]4CCO4)CC3)n2)c(F)c1. The predicted molar refractivity (Wildman–Crippen MR) is 149 cm³/mol. The summed E-state index contributed by atoms with van der Waals surface area (Å²) in [6.07, 6.45) is 7.19. The van der Waals surface area contributed by atoms with Crippen molar-refractivity contribution < 1.29 is 28.5 Å². The molecule has 1 saturated heterocycles. The summed E-state index contributed by atoms with van der Waals surface area (Å²) in [7, 11) is 0. The molecular weight excluding hydrogens is 541 g/mol. The smallest absolute Gasteiger partial charge is 0.335 e. The van der Waals surface area contributed by atoms with Crippen LogP contribution in [0.25, 0.3) is 11.0 Å². The highest BCUT2D eigenvalue weighted by atomic mass is 19.1. The molecule has 2 aromatic heterocycles. The van der Waals surface area contributed by atoms with Gasteiger partial charge in [0, 0.05) is 25.3 Å². The van der Waals surface area contributed by atoms with Gasteiger partial charge in [-0.3, -0.25) is 0 Å². The van der Waals surface area contributed by atoms with Crippen molar-refractivity contribution in [2.75, 3.05) is 6.61 Å². The molecular formula is C31H30FN5O5. The van der Waals surface area contributed by atoms with E-state index in [0.29, 0.717) is 24.2 Å². The van der Waals surface area contributed by atoms with Gasteiger partial charge in [-0.2, -0.15) is 10.2 Å². The first kappa shape index (κ1) is 27.6. The van der Waals surface area contributed by atoms with E-state index in [4.69, 9.17) is 24.5 Å². The maximum absolute atomic E-state index is 14.1. The Balaban J connectivity index is 1.06. The molecule has 0 unspecified atom stereocenters. The van der Waals surface area contributed by atoms with Gasteiger partial charge >= 0.3 is 5.97 Å². The molecule has 1 aliphatic carbocycles. The minimum atomic E-state index is -0.951. The van der Waals surface area contributed by atoms with Crippen LogP contribution in [-0.2, 0) is 24.3 Å². The van der Waals surface area contributed by atoms with Crippen LogP contribution in [0.15, 0.2) is 48.7 Å². The first-order valence-corrected chi connectivity index (χ1v) is 14.1. The molecule has 1 saturated carbocycles. The van der Waals surface area contributed by atoms with Crippen LogP contribution in [-0.4, -0.2) is 49.4 Å². The molecule has 42 heavy (non-hydrogen) atoms. The molecule has 3 heterocycles. The number of rotatable bonds is 10. The Bertz CT molecular complexity index is 1640. The second kappa shape index (κ2) is 12.1. The monoisotopic (exact) mass is 571 g/mol. The predicted octanol–water partition coefficient (Wildman–Crippen LogP) is 5.08. The van der Waals surface area contributed by atoms with Crippen molar-refractivity contribution >= 4 is 17.0 Å². The van der Waals surface area contributed by atoms with Crippen molar-refractivity contribution in [1.29, 1.82) is 5.26 Å². The van der Waals surface area contributed by atoms with Gasteiger partial charge in [0.2, 0.25) is 5.88 Å². The van der Waals surface area contributed by atoms with E-state index in [1.165, 1.54) is 12.1 Å². The number of aromatic nitrogens is 4. The Hall–Kier alpha value is -4.56. The zero-order valence-electron chi connectivity index (χ0n) is 22.9. The molecule has 0 spiro atoms. The normalized spacial score (nSPS) is 20.0. The van der Waals surface area contributed by atoms with E-state index < -0.39 is 11.8 Å². The molecule has 10 nitrogen and oxygen atoms in total. The van der Waals surface area contributed by atoms with E-state index in [-0.39, 0.29) is 35.7 Å². The number of aromatic carboxylic acids is 1. The lowest BCUT2D eigenvalue weighted by molar-refractivity contribution is -0.0590. The molecule has 6 rings (SSSR count). The summed E-state index contributed by atoms with van der Waals surface area (Å²) < 4.78 is 33.6. The number of carbonyl (C=O) groups is 1. The van der Waals surface area contributed by atoms with E-state index in [0.717, 1.165) is 68.1 Å². The molecule has 0 amide bonds.